The Bertz CT molecular complexity index is 2390. The lowest BCUT2D eigenvalue weighted by Crippen LogP contribution is -2.47. The number of ether oxygens (including phenoxy) is 2. The van der Waals surface area contributed by atoms with E-state index in [1.807, 2.05) is 48.5 Å². The molecule has 2 aliphatic carbocycles. The third-order valence-corrected chi connectivity index (χ3v) is 15.3. The number of benzene rings is 6. The zero-order chi connectivity index (χ0) is 45.7. The van der Waals surface area contributed by atoms with Crippen LogP contribution in [0.1, 0.15) is 59.1 Å². The van der Waals surface area contributed by atoms with Crippen LogP contribution >= 0.6 is 0 Å². The van der Waals surface area contributed by atoms with Gasteiger partial charge in [0.25, 0.3) is 0 Å². The topological polar surface area (TPSA) is 107 Å². The average molecular weight is 877 g/mol. The van der Waals surface area contributed by atoms with Crippen molar-refractivity contribution in [2.75, 3.05) is 40.4 Å². The van der Waals surface area contributed by atoms with Crippen LogP contribution in [-0.2, 0) is 33.3 Å². The molecular weight excluding hydrogens is 817 g/mol. The monoisotopic (exact) mass is 876 g/mol. The minimum atomic E-state index is -0.222. The number of amidine groups is 2. The number of nitrogens with zero attached hydrogens (tertiary/aromatic N) is 2. The van der Waals surface area contributed by atoms with Crippen LogP contribution in [0.3, 0.4) is 0 Å². The smallest absolute Gasteiger partial charge is 0.138 e. The molecule has 336 valence electrons. The molecule has 2 aliphatic heterocycles. The Balaban J connectivity index is 0.000000166. The van der Waals surface area contributed by atoms with Gasteiger partial charge in [-0.3, -0.25) is 20.4 Å². The molecule has 4 aliphatic rings. The molecule has 0 radical (unpaired) electrons. The van der Waals surface area contributed by atoms with E-state index < -0.39 is 0 Å². The number of para-hydroxylation sites is 2. The molecule has 10 rings (SSSR count). The van der Waals surface area contributed by atoms with Gasteiger partial charge in [0.05, 0.1) is 14.2 Å². The van der Waals surface area contributed by atoms with Crippen LogP contribution in [0.15, 0.2) is 170 Å². The number of hydrogen-bond donors (Lipinski definition) is 2. The van der Waals surface area contributed by atoms with Crippen LogP contribution in [0, 0.1) is 34.5 Å². The van der Waals surface area contributed by atoms with Crippen LogP contribution in [0.25, 0.3) is 0 Å². The van der Waals surface area contributed by atoms with Gasteiger partial charge in [0.15, 0.2) is 0 Å². The number of ketones is 2. The number of fused-ring (bicyclic) bond motifs is 2. The SMILES string of the molecule is COc1ccccc1CC(=N)N1C[C@@H]2C(=O)CCC(c3ccccc3)(c3ccccc3)[C@@H]2C1.COc1ccccc1CC(=N)N1C[C@@H]2C(=O)CCC(c3ccccc3)(c3ccccc3)[C@@H]2C1. The summed E-state index contributed by atoms with van der Waals surface area (Å²) in [5.74, 6) is 3.56. The van der Waals surface area contributed by atoms with Crippen molar-refractivity contribution in [1.82, 2.24) is 9.80 Å². The summed E-state index contributed by atoms with van der Waals surface area (Å²) in [5.41, 5.74) is 6.66. The number of Topliss-reactive ketones (excluding diaryl/α,β-unsaturated/α-hetero) is 2. The molecule has 0 bridgehead atoms. The van der Waals surface area contributed by atoms with Crippen molar-refractivity contribution in [3.63, 3.8) is 0 Å². The fourth-order valence-electron chi connectivity index (χ4n) is 12.1. The summed E-state index contributed by atoms with van der Waals surface area (Å²) in [6, 6.07) is 58.4. The molecule has 2 N–H and O–H groups in total. The summed E-state index contributed by atoms with van der Waals surface area (Å²) >= 11 is 0. The van der Waals surface area contributed by atoms with Gasteiger partial charge in [-0.05, 0) is 47.2 Å². The Kier molecular flexibility index (Phi) is 13.0. The first-order chi connectivity index (χ1) is 32.3. The highest BCUT2D eigenvalue weighted by Gasteiger charge is 2.56. The zero-order valence-electron chi connectivity index (χ0n) is 38.1. The largest absolute Gasteiger partial charge is 0.496 e. The number of methoxy groups -OCH3 is 2. The predicted octanol–water partition coefficient (Wildman–Crippen LogP) is 10.2. The summed E-state index contributed by atoms with van der Waals surface area (Å²) in [5, 5.41) is 17.8. The van der Waals surface area contributed by atoms with Gasteiger partial charge in [-0.2, -0.15) is 0 Å². The van der Waals surface area contributed by atoms with Crippen molar-refractivity contribution in [2.24, 2.45) is 23.7 Å². The fourth-order valence-corrected chi connectivity index (χ4v) is 12.1. The van der Waals surface area contributed by atoms with Gasteiger partial charge in [0.2, 0.25) is 0 Å². The third-order valence-electron chi connectivity index (χ3n) is 15.3. The van der Waals surface area contributed by atoms with Crippen molar-refractivity contribution in [3.05, 3.63) is 203 Å². The molecule has 4 atom stereocenters. The quantitative estimate of drug-likeness (QED) is 0.105. The maximum atomic E-state index is 13.1. The van der Waals surface area contributed by atoms with E-state index in [0.717, 1.165) is 35.5 Å². The van der Waals surface area contributed by atoms with Gasteiger partial charge in [0.1, 0.15) is 34.7 Å². The molecule has 2 saturated heterocycles. The first kappa shape index (κ1) is 44.4. The van der Waals surface area contributed by atoms with Crippen LogP contribution in [0.2, 0.25) is 0 Å². The number of carbonyl (C=O) groups excluding carboxylic acids is 2. The second-order valence-corrected chi connectivity index (χ2v) is 18.4. The minimum Gasteiger partial charge on any atom is -0.496 e. The van der Waals surface area contributed by atoms with Gasteiger partial charge in [0, 0.05) is 97.5 Å². The average Bonchev–Trinajstić information content (AvgIpc) is 4.05. The van der Waals surface area contributed by atoms with E-state index in [1.54, 1.807) is 14.2 Å². The number of likely N-dealkylation sites (tertiary alicyclic amines) is 2. The first-order valence-electron chi connectivity index (χ1n) is 23.4. The lowest BCUT2D eigenvalue weighted by molar-refractivity contribution is -0.127. The lowest BCUT2D eigenvalue weighted by Gasteiger charge is -2.45. The Morgan fingerprint density at radius 3 is 1.09 bits per heavy atom. The summed E-state index contributed by atoms with van der Waals surface area (Å²) < 4.78 is 11.0. The maximum absolute atomic E-state index is 13.1. The highest BCUT2D eigenvalue weighted by atomic mass is 16.5. The van der Waals surface area contributed by atoms with Gasteiger partial charge < -0.3 is 19.3 Å². The van der Waals surface area contributed by atoms with Crippen LogP contribution in [0.4, 0.5) is 0 Å². The summed E-state index contributed by atoms with van der Waals surface area (Å²) in [6.07, 6.45) is 3.79. The van der Waals surface area contributed by atoms with Gasteiger partial charge in [-0.15, -0.1) is 0 Å². The predicted molar refractivity (Wildman–Crippen MR) is 262 cm³/mol. The van der Waals surface area contributed by atoms with Gasteiger partial charge in [-0.25, -0.2) is 0 Å². The van der Waals surface area contributed by atoms with Crippen molar-refractivity contribution in [3.8, 4) is 11.5 Å². The maximum Gasteiger partial charge on any atom is 0.138 e. The normalized spacial score (nSPS) is 21.5. The number of rotatable bonds is 10. The van der Waals surface area contributed by atoms with E-state index in [1.165, 1.54) is 22.3 Å². The van der Waals surface area contributed by atoms with Crippen molar-refractivity contribution in [1.29, 1.82) is 10.8 Å². The summed E-state index contributed by atoms with van der Waals surface area (Å²) in [6.45, 7) is 2.68. The van der Waals surface area contributed by atoms with E-state index in [-0.39, 0.29) is 34.5 Å². The van der Waals surface area contributed by atoms with E-state index in [0.29, 0.717) is 75.1 Å². The molecule has 4 fully saturated rings. The molecule has 0 spiro atoms. The van der Waals surface area contributed by atoms with Crippen molar-refractivity contribution in [2.45, 2.75) is 49.4 Å². The van der Waals surface area contributed by atoms with Crippen molar-refractivity contribution >= 4 is 23.2 Å². The van der Waals surface area contributed by atoms with Gasteiger partial charge in [-0.1, -0.05) is 158 Å². The van der Waals surface area contributed by atoms with E-state index in [9.17, 15) is 9.59 Å². The lowest BCUT2D eigenvalue weighted by atomic mass is 9.56. The molecule has 66 heavy (non-hydrogen) atoms. The van der Waals surface area contributed by atoms with Gasteiger partial charge >= 0.3 is 0 Å². The molecule has 8 nitrogen and oxygen atoms in total. The molecule has 2 saturated carbocycles. The Hall–Kier alpha value is -6.80. The van der Waals surface area contributed by atoms with E-state index in [2.05, 4.69) is 131 Å². The number of carbonyl (C=O) groups is 2. The highest BCUT2D eigenvalue weighted by molar-refractivity contribution is 5.88. The fraction of sp³-hybridized carbons (Fsp3) is 0.310. The van der Waals surface area contributed by atoms with Crippen LogP contribution in [0.5, 0.6) is 11.5 Å². The standard InChI is InChI=1S/2C29H30N2O2/c2*1-33-27-15-9-8-10-21(27)18-28(30)31-19-24-25(20-31)29(17-16-26(24)32,22-11-4-2-5-12-22)23-13-6-3-7-14-23/h2*2-15,24-25,30H,16-20H2,1H3/t2*24-,25+/m00/s1. The second-order valence-electron chi connectivity index (χ2n) is 18.4. The number of hydrogen-bond acceptors (Lipinski definition) is 6. The molecule has 6 aromatic rings. The molecule has 0 unspecified atom stereocenters. The van der Waals surface area contributed by atoms with Crippen LogP contribution < -0.4 is 9.47 Å². The molecule has 6 aromatic carbocycles. The molecule has 2 heterocycles. The van der Waals surface area contributed by atoms with E-state index in [4.69, 9.17) is 20.3 Å². The zero-order valence-corrected chi connectivity index (χ0v) is 38.1. The first-order valence-corrected chi connectivity index (χ1v) is 23.4. The summed E-state index contributed by atoms with van der Waals surface area (Å²) in [4.78, 5) is 30.5. The Morgan fingerprint density at radius 2 is 0.773 bits per heavy atom. The molecule has 0 aromatic heterocycles. The number of nitrogens with one attached hydrogen (secondary N) is 2. The highest BCUT2D eigenvalue weighted by Crippen LogP contribution is 2.54. The molecular formula is C58H60N4O4. The third kappa shape index (κ3) is 8.34. The molecule has 0 amide bonds. The molecule has 8 heteroatoms. The second kappa shape index (κ2) is 19.4. The Labute approximate surface area is 389 Å². The van der Waals surface area contributed by atoms with E-state index >= 15 is 0 Å². The minimum absolute atomic E-state index is 0.0582. The van der Waals surface area contributed by atoms with Crippen LogP contribution in [-0.4, -0.2) is 73.4 Å². The Morgan fingerprint density at radius 1 is 0.470 bits per heavy atom. The van der Waals surface area contributed by atoms with Crippen molar-refractivity contribution < 1.29 is 19.1 Å². The summed E-state index contributed by atoms with van der Waals surface area (Å²) in [7, 11) is 3.33.